The molecule has 0 fully saturated rings. The van der Waals surface area contributed by atoms with Gasteiger partial charge >= 0.3 is 0 Å². The standard InChI is InChI=1S/C13H16N4O/c1-17(2)10-5-3-9(4-6-10)7-12-15-8-11(14)13(18)16-12/h3-6,8H,7,14H2,1-2H3,(H,15,16,18). The molecule has 94 valence electrons. The summed E-state index contributed by atoms with van der Waals surface area (Å²) in [4.78, 5) is 10.1. The third-order valence-electron chi connectivity index (χ3n) is 2.66. The van der Waals surface area contributed by atoms with E-state index < -0.39 is 0 Å². The molecule has 2 aromatic rings. The van der Waals surface area contributed by atoms with Crippen molar-refractivity contribution in [3.05, 3.63) is 41.9 Å². The van der Waals surface area contributed by atoms with Gasteiger partial charge in [0.25, 0.3) is 0 Å². The Balaban J connectivity index is 2.15. The second kappa shape index (κ2) is 4.91. The molecule has 0 aliphatic heterocycles. The maximum absolute atomic E-state index is 9.41. The fraction of sp³-hybridized carbons (Fsp3) is 0.231. The molecule has 1 aromatic carbocycles. The van der Waals surface area contributed by atoms with Crippen molar-refractivity contribution < 1.29 is 5.11 Å². The summed E-state index contributed by atoms with van der Waals surface area (Å²) in [5, 5.41) is 9.41. The van der Waals surface area contributed by atoms with Crippen LogP contribution in [0.1, 0.15) is 11.4 Å². The first-order chi connectivity index (χ1) is 8.56. The van der Waals surface area contributed by atoms with E-state index in [0.717, 1.165) is 11.3 Å². The average molecular weight is 244 g/mol. The molecule has 18 heavy (non-hydrogen) atoms. The van der Waals surface area contributed by atoms with Crippen molar-refractivity contribution in [1.29, 1.82) is 0 Å². The van der Waals surface area contributed by atoms with Gasteiger partial charge in [0.2, 0.25) is 5.88 Å². The molecule has 0 spiro atoms. The van der Waals surface area contributed by atoms with Crippen LogP contribution in [0.15, 0.2) is 30.5 Å². The number of nitrogens with two attached hydrogens (primary N) is 1. The predicted molar refractivity (Wildman–Crippen MR) is 71.7 cm³/mol. The van der Waals surface area contributed by atoms with Crippen LogP contribution in [0.3, 0.4) is 0 Å². The number of benzene rings is 1. The van der Waals surface area contributed by atoms with Crippen LogP contribution in [0, 0.1) is 0 Å². The van der Waals surface area contributed by atoms with Crippen LogP contribution in [0.2, 0.25) is 0 Å². The fourth-order valence-electron chi connectivity index (χ4n) is 1.60. The summed E-state index contributed by atoms with van der Waals surface area (Å²) >= 11 is 0. The van der Waals surface area contributed by atoms with E-state index >= 15 is 0 Å². The summed E-state index contributed by atoms with van der Waals surface area (Å²) in [6, 6.07) is 8.11. The van der Waals surface area contributed by atoms with Crippen molar-refractivity contribution in [2.75, 3.05) is 24.7 Å². The average Bonchev–Trinajstić information content (AvgIpc) is 2.34. The maximum atomic E-state index is 9.41. The molecular formula is C13H16N4O. The van der Waals surface area contributed by atoms with E-state index in [0.29, 0.717) is 12.2 Å². The zero-order valence-electron chi connectivity index (χ0n) is 10.5. The molecule has 1 aromatic heterocycles. The molecule has 0 bridgehead atoms. The Morgan fingerprint density at radius 1 is 1.22 bits per heavy atom. The Morgan fingerprint density at radius 3 is 2.44 bits per heavy atom. The largest absolute Gasteiger partial charge is 0.492 e. The third kappa shape index (κ3) is 2.68. The van der Waals surface area contributed by atoms with Gasteiger partial charge in [-0.25, -0.2) is 4.98 Å². The highest BCUT2D eigenvalue weighted by Crippen LogP contribution is 2.17. The van der Waals surface area contributed by atoms with E-state index in [9.17, 15) is 5.11 Å². The lowest BCUT2D eigenvalue weighted by Crippen LogP contribution is -2.08. The number of hydrogen-bond donors (Lipinski definition) is 2. The first-order valence-electron chi connectivity index (χ1n) is 5.63. The van der Waals surface area contributed by atoms with Crippen LogP contribution in [0.4, 0.5) is 11.4 Å². The Kier molecular flexibility index (Phi) is 3.32. The molecule has 0 aliphatic rings. The molecule has 0 saturated carbocycles. The summed E-state index contributed by atoms with van der Waals surface area (Å²) < 4.78 is 0. The van der Waals surface area contributed by atoms with Crippen molar-refractivity contribution in [3.63, 3.8) is 0 Å². The van der Waals surface area contributed by atoms with Crippen molar-refractivity contribution in [2.45, 2.75) is 6.42 Å². The molecule has 3 N–H and O–H groups in total. The van der Waals surface area contributed by atoms with Crippen LogP contribution in [-0.4, -0.2) is 29.2 Å². The van der Waals surface area contributed by atoms with Gasteiger partial charge < -0.3 is 15.7 Å². The lowest BCUT2D eigenvalue weighted by Gasteiger charge is -2.12. The van der Waals surface area contributed by atoms with Gasteiger partial charge in [0, 0.05) is 26.2 Å². The van der Waals surface area contributed by atoms with Gasteiger partial charge in [-0.05, 0) is 17.7 Å². The monoisotopic (exact) mass is 244 g/mol. The Hall–Kier alpha value is -2.30. The van der Waals surface area contributed by atoms with E-state index in [4.69, 9.17) is 5.73 Å². The highest BCUT2D eigenvalue weighted by Gasteiger charge is 2.04. The molecule has 0 radical (unpaired) electrons. The molecule has 0 unspecified atom stereocenters. The van der Waals surface area contributed by atoms with Crippen LogP contribution < -0.4 is 10.6 Å². The summed E-state index contributed by atoms with van der Waals surface area (Å²) in [5.74, 6) is 0.393. The first-order valence-corrected chi connectivity index (χ1v) is 5.63. The maximum Gasteiger partial charge on any atom is 0.238 e. The minimum atomic E-state index is -0.162. The van der Waals surface area contributed by atoms with Gasteiger partial charge in [0.15, 0.2) is 0 Å². The molecule has 0 atom stereocenters. The summed E-state index contributed by atoms with van der Waals surface area (Å²) in [6.07, 6.45) is 1.99. The number of nitrogen functional groups attached to an aromatic ring is 1. The molecule has 0 amide bonds. The van der Waals surface area contributed by atoms with Crippen molar-refractivity contribution in [1.82, 2.24) is 9.97 Å². The zero-order valence-corrected chi connectivity index (χ0v) is 10.5. The van der Waals surface area contributed by atoms with Gasteiger partial charge in [-0.15, -0.1) is 0 Å². The van der Waals surface area contributed by atoms with Gasteiger partial charge in [0.1, 0.15) is 11.5 Å². The zero-order chi connectivity index (χ0) is 13.1. The number of hydrogen-bond acceptors (Lipinski definition) is 5. The number of aromatic hydroxyl groups is 1. The van der Waals surface area contributed by atoms with Crippen molar-refractivity contribution in [3.8, 4) is 5.88 Å². The first kappa shape index (κ1) is 12.2. The SMILES string of the molecule is CN(C)c1ccc(Cc2ncc(N)c(O)n2)cc1. The summed E-state index contributed by atoms with van der Waals surface area (Å²) in [5.41, 5.74) is 7.88. The highest BCUT2D eigenvalue weighted by molar-refractivity contribution is 5.47. The molecular weight excluding hydrogens is 228 g/mol. The van der Waals surface area contributed by atoms with Gasteiger partial charge in [0.05, 0.1) is 6.20 Å². The quantitative estimate of drug-likeness (QED) is 0.854. The second-order valence-electron chi connectivity index (χ2n) is 4.30. The van der Waals surface area contributed by atoms with Crippen LogP contribution in [0.25, 0.3) is 0 Å². The van der Waals surface area contributed by atoms with E-state index in [1.807, 2.05) is 43.3 Å². The van der Waals surface area contributed by atoms with Crippen LogP contribution >= 0.6 is 0 Å². The minimum Gasteiger partial charge on any atom is -0.492 e. The fourth-order valence-corrected chi connectivity index (χ4v) is 1.60. The number of rotatable bonds is 3. The molecule has 0 saturated heterocycles. The van der Waals surface area contributed by atoms with Crippen LogP contribution in [0.5, 0.6) is 5.88 Å². The summed E-state index contributed by atoms with van der Waals surface area (Å²) in [6.45, 7) is 0. The molecule has 5 heteroatoms. The predicted octanol–water partition coefficient (Wildman–Crippen LogP) is 1.42. The molecule has 5 nitrogen and oxygen atoms in total. The van der Waals surface area contributed by atoms with E-state index in [1.165, 1.54) is 6.20 Å². The van der Waals surface area contributed by atoms with Crippen molar-refractivity contribution in [2.24, 2.45) is 0 Å². The van der Waals surface area contributed by atoms with E-state index in [1.54, 1.807) is 0 Å². The lowest BCUT2D eigenvalue weighted by atomic mass is 10.1. The van der Waals surface area contributed by atoms with Gasteiger partial charge in [-0.2, -0.15) is 4.98 Å². The Bertz CT molecular complexity index is 537. The van der Waals surface area contributed by atoms with Crippen LogP contribution in [-0.2, 0) is 6.42 Å². The third-order valence-corrected chi connectivity index (χ3v) is 2.66. The number of aromatic nitrogens is 2. The van der Waals surface area contributed by atoms with Gasteiger partial charge in [-0.3, -0.25) is 0 Å². The second-order valence-corrected chi connectivity index (χ2v) is 4.30. The Morgan fingerprint density at radius 2 is 1.89 bits per heavy atom. The minimum absolute atomic E-state index is 0.162. The highest BCUT2D eigenvalue weighted by atomic mass is 16.3. The topological polar surface area (TPSA) is 75.3 Å². The number of anilines is 2. The Labute approximate surface area is 106 Å². The normalized spacial score (nSPS) is 10.3. The summed E-state index contributed by atoms with van der Waals surface area (Å²) in [7, 11) is 3.99. The molecule has 0 aliphatic carbocycles. The van der Waals surface area contributed by atoms with Crippen molar-refractivity contribution >= 4 is 11.4 Å². The van der Waals surface area contributed by atoms with Gasteiger partial charge in [-0.1, -0.05) is 12.1 Å². The smallest absolute Gasteiger partial charge is 0.238 e. The van der Waals surface area contributed by atoms with E-state index in [2.05, 4.69) is 9.97 Å². The molecule has 1 heterocycles. The molecule has 2 rings (SSSR count). The van der Waals surface area contributed by atoms with E-state index in [-0.39, 0.29) is 11.6 Å². The number of nitrogens with zero attached hydrogens (tertiary/aromatic N) is 3. The lowest BCUT2D eigenvalue weighted by molar-refractivity contribution is 0.452.